The molecule has 6 unspecified atom stereocenters. The Labute approximate surface area is 235 Å². The average molecular weight is 557 g/mol. The topological polar surface area (TPSA) is 169 Å². The molecule has 8 N–H and O–H groups in total. The predicted octanol–water partition coefficient (Wildman–Crippen LogP) is 3.13. The third-order valence-corrected chi connectivity index (χ3v) is 8.60. The predicted molar refractivity (Wildman–Crippen MR) is 152 cm³/mol. The number of carbonyl (C=O) groups excluding carboxylic acids is 2. The van der Waals surface area contributed by atoms with Gasteiger partial charge in [0, 0.05) is 37.1 Å². The lowest BCUT2D eigenvalue weighted by Gasteiger charge is -2.46. The summed E-state index contributed by atoms with van der Waals surface area (Å²) in [6, 6.07) is -0.0612. The van der Waals surface area contributed by atoms with Crippen molar-refractivity contribution in [1.29, 1.82) is 0 Å². The molecule has 0 saturated heterocycles. The second-order valence-electron chi connectivity index (χ2n) is 14.7. The quantitative estimate of drug-likeness (QED) is 0.213. The van der Waals surface area contributed by atoms with Gasteiger partial charge in [0.2, 0.25) is 0 Å². The van der Waals surface area contributed by atoms with Gasteiger partial charge in [0.05, 0.1) is 13.2 Å². The third-order valence-electron chi connectivity index (χ3n) is 8.60. The molecule has 0 aromatic carbocycles. The lowest BCUT2D eigenvalue weighted by molar-refractivity contribution is 0.0479. The Kier molecular flexibility index (Phi) is 11.9. The number of hydrogen-bond donors (Lipinski definition) is 6. The SMILES string of the molecule is CC1(C)CC(NC(=O)OCC(CO)CC(CO)COC(=O)NC2CC(C)(C)CC(C)(CN)C2)CC(C)(CN)C1. The van der Waals surface area contributed by atoms with Crippen molar-refractivity contribution >= 4 is 12.2 Å². The molecule has 0 heterocycles. The van der Waals surface area contributed by atoms with Crippen LogP contribution in [0.1, 0.15) is 86.5 Å². The van der Waals surface area contributed by atoms with E-state index in [2.05, 4.69) is 52.2 Å². The zero-order valence-corrected chi connectivity index (χ0v) is 25.2. The minimum Gasteiger partial charge on any atom is -0.449 e. The summed E-state index contributed by atoms with van der Waals surface area (Å²) >= 11 is 0. The van der Waals surface area contributed by atoms with E-state index in [0.717, 1.165) is 38.5 Å². The molecule has 2 rings (SSSR count). The average Bonchev–Trinajstić information content (AvgIpc) is 2.81. The molecule has 2 aliphatic rings. The van der Waals surface area contributed by atoms with Crippen molar-refractivity contribution in [3.05, 3.63) is 0 Å². The van der Waals surface area contributed by atoms with Crippen LogP contribution in [0.15, 0.2) is 0 Å². The summed E-state index contributed by atoms with van der Waals surface area (Å²) in [6.45, 7) is 13.8. The maximum atomic E-state index is 12.5. The van der Waals surface area contributed by atoms with Crippen molar-refractivity contribution in [2.24, 2.45) is 45.0 Å². The summed E-state index contributed by atoms with van der Waals surface area (Å²) in [7, 11) is 0. The van der Waals surface area contributed by atoms with E-state index in [9.17, 15) is 19.8 Å². The van der Waals surface area contributed by atoms with Gasteiger partial charge in [0.1, 0.15) is 0 Å². The number of ether oxygens (including phenoxy) is 2. The number of hydrogen-bond acceptors (Lipinski definition) is 8. The van der Waals surface area contributed by atoms with E-state index in [1.807, 2.05) is 0 Å². The first-order valence-corrected chi connectivity index (χ1v) is 14.5. The first-order chi connectivity index (χ1) is 18.1. The fourth-order valence-corrected chi connectivity index (χ4v) is 7.45. The fourth-order valence-electron chi connectivity index (χ4n) is 7.45. The van der Waals surface area contributed by atoms with Crippen molar-refractivity contribution in [3.63, 3.8) is 0 Å². The molecule has 39 heavy (non-hydrogen) atoms. The van der Waals surface area contributed by atoms with Gasteiger partial charge in [-0.2, -0.15) is 0 Å². The largest absolute Gasteiger partial charge is 0.449 e. The highest BCUT2D eigenvalue weighted by Gasteiger charge is 2.42. The van der Waals surface area contributed by atoms with E-state index in [4.69, 9.17) is 20.9 Å². The Morgan fingerprint density at radius 3 is 1.41 bits per heavy atom. The van der Waals surface area contributed by atoms with Gasteiger partial charge in [-0.15, -0.1) is 0 Å². The first kappa shape index (κ1) is 33.6. The molecule has 0 spiro atoms. The number of rotatable bonds is 12. The molecule has 2 fully saturated rings. The third kappa shape index (κ3) is 11.1. The highest BCUT2D eigenvalue weighted by atomic mass is 16.6. The van der Waals surface area contributed by atoms with Crippen LogP contribution in [0, 0.1) is 33.5 Å². The molecule has 0 radical (unpaired) electrons. The Balaban J connectivity index is 1.79. The zero-order valence-electron chi connectivity index (χ0n) is 25.2. The second kappa shape index (κ2) is 13.8. The summed E-state index contributed by atoms with van der Waals surface area (Å²) in [5, 5.41) is 25.6. The van der Waals surface area contributed by atoms with E-state index in [1.165, 1.54) is 0 Å². The molecular formula is C29H56N4O6. The van der Waals surface area contributed by atoms with E-state index >= 15 is 0 Å². The molecule has 10 heteroatoms. The molecule has 10 nitrogen and oxygen atoms in total. The van der Waals surface area contributed by atoms with Crippen LogP contribution in [0.4, 0.5) is 9.59 Å². The highest BCUT2D eigenvalue weighted by Crippen LogP contribution is 2.46. The van der Waals surface area contributed by atoms with Crippen molar-refractivity contribution in [2.45, 2.75) is 98.6 Å². The first-order valence-electron chi connectivity index (χ1n) is 14.5. The number of nitrogens with one attached hydrogen (secondary N) is 2. The van der Waals surface area contributed by atoms with Gasteiger partial charge < -0.3 is 41.8 Å². The van der Waals surface area contributed by atoms with Crippen molar-refractivity contribution in [3.8, 4) is 0 Å². The maximum Gasteiger partial charge on any atom is 0.407 e. The van der Waals surface area contributed by atoms with Gasteiger partial charge in [-0.25, -0.2) is 9.59 Å². The number of aliphatic hydroxyl groups excluding tert-OH is 2. The van der Waals surface area contributed by atoms with Gasteiger partial charge in [-0.3, -0.25) is 0 Å². The normalized spacial score (nSPS) is 31.5. The number of amides is 2. The van der Waals surface area contributed by atoms with Crippen molar-refractivity contribution in [2.75, 3.05) is 39.5 Å². The van der Waals surface area contributed by atoms with Gasteiger partial charge >= 0.3 is 12.2 Å². The molecule has 2 aliphatic carbocycles. The zero-order chi connectivity index (χ0) is 29.5. The molecule has 6 atom stereocenters. The standard InChI is InChI=1S/C29H56N4O6/c1-26(2)8-22(10-28(5,16-26)18-30)32-24(36)38-14-20(12-34)7-21(13-35)15-39-25(37)33-23-9-27(3,4)17-29(6,11-23)19-31/h20-23,34-35H,7-19,30-31H2,1-6H3,(H,32,36)(H,33,37). The van der Waals surface area contributed by atoms with Crippen LogP contribution < -0.4 is 22.1 Å². The van der Waals surface area contributed by atoms with Gasteiger partial charge in [-0.1, -0.05) is 41.5 Å². The van der Waals surface area contributed by atoms with Crippen LogP contribution in [0.25, 0.3) is 0 Å². The molecule has 0 bridgehead atoms. The summed E-state index contributed by atoms with van der Waals surface area (Å²) in [4.78, 5) is 25.1. The monoisotopic (exact) mass is 556 g/mol. The second-order valence-corrected chi connectivity index (χ2v) is 14.7. The minimum atomic E-state index is -0.522. The summed E-state index contributed by atoms with van der Waals surface area (Å²) < 4.78 is 10.9. The summed E-state index contributed by atoms with van der Waals surface area (Å²) in [5.41, 5.74) is 12.1. The Bertz CT molecular complexity index is 745. The Hall–Kier alpha value is -1.62. The maximum absolute atomic E-state index is 12.5. The Morgan fingerprint density at radius 2 is 1.10 bits per heavy atom. The molecular weight excluding hydrogens is 500 g/mol. The van der Waals surface area contributed by atoms with Crippen LogP contribution in [0.5, 0.6) is 0 Å². The molecule has 2 saturated carbocycles. The van der Waals surface area contributed by atoms with Crippen LogP contribution in [0.3, 0.4) is 0 Å². The van der Waals surface area contributed by atoms with Crippen LogP contribution in [-0.4, -0.2) is 74.0 Å². The number of nitrogens with two attached hydrogens (primary N) is 2. The minimum absolute atomic E-state index is 0.00409. The van der Waals surface area contributed by atoms with Crippen molar-refractivity contribution < 1.29 is 29.3 Å². The van der Waals surface area contributed by atoms with Crippen LogP contribution in [-0.2, 0) is 9.47 Å². The molecule has 0 aromatic rings. The number of aliphatic hydroxyl groups is 2. The van der Waals surface area contributed by atoms with E-state index in [0.29, 0.717) is 19.5 Å². The summed E-state index contributed by atoms with van der Waals surface area (Å²) in [6.07, 6.45) is 4.58. The van der Waals surface area contributed by atoms with E-state index < -0.39 is 12.2 Å². The van der Waals surface area contributed by atoms with Gasteiger partial charge in [0.15, 0.2) is 0 Å². The lowest BCUT2D eigenvalue weighted by atomic mass is 9.62. The van der Waals surface area contributed by atoms with Crippen molar-refractivity contribution in [1.82, 2.24) is 10.6 Å². The van der Waals surface area contributed by atoms with Crippen LogP contribution in [0.2, 0.25) is 0 Å². The number of alkyl carbamates (subject to hydrolysis) is 2. The van der Waals surface area contributed by atoms with E-state index in [-0.39, 0.29) is 72.0 Å². The smallest absolute Gasteiger partial charge is 0.407 e. The van der Waals surface area contributed by atoms with E-state index in [1.54, 1.807) is 0 Å². The van der Waals surface area contributed by atoms with Gasteiger partial charge in [0.25, 0.3) is 0 Å². The highest BCUT2D eigenvalue weighted by molar-refractivity contribution is 5.68. The van der Waals surface area contributed by atoms with Gasteiger partial charge in [-0.05, 0) is 79.7 Å². The molecule has 0 aliphatic heterocycles. The fraction of sp³-hybridized carbons (Fsp3) is 0.931. The number of carbonyl (C=O) groups is 2. The summed E-state index contributed by atoms with van der Waals surface area (Å²) in [5.74, 6) is -0.776. The molecule has 2 amide bonds. The van der Waals surface area contributed by atoms with Crippen LogP contribution >= 0.6 is 0 Å². The molecule has 228 valence electrons. The lowest BCUT2D eigenvalue weighted by Crippen LogP contribution is -2.49. The Morgan fingerprint density at radius 1 is 0.744 bits per heavy atom. The molecule has 0 aromatic heterocycles.